The van der Waals surface area contributed by atoms with Crippen LogP contribution in [-0.4, -0.2) is 60.4 Å². The number of hydrogen-bond acceptors (Lipinski definition) is 8. The first kappa shape index (κ1) is 25.9. The quantitative estimate of drug-likeness (QED) is 0.436. The fraction of sp³-hybridized carbons (Fsp3) is 0.481. The molecule has 11 nitrogen and oxygen atoms in total. The smallest absolute Gasteiger partial charge is 0.339 e. The van der Waals surface area contributed by atoms with Crippen molar-refractivity contribution >= 4 is 23.0 Å². The van der Waals surface area contributed by atoms with Gasteiger partial charge in [0.1, 0.15) is 11.6 Å². The van der Waals surface area contributed by atoms with Crippen molar-refractivity contribution in [2.24, 2.45) is 14.1 Å². The van der Waals surface area contributed by atoms with Crippen molar-refractivity contribution in [3.05, 3.63) is 69.0 Å². The molecule has 11 heteroatoms. The summed E-state index contributed by atoms with van der Waals surface area (Å²) in [6.07, 6.45) is 3.39. The molecule has 0 saturated carbocycles. The number of piperidine rings is 1. The third kappa shape index (κ3) is 4.91. The summed E-state index contributed by atoms with van der Waals surface area (Å²) in [7, 11) is 3.29. The second-order valence-corrected chi connectivity index (χ2v) is 10.1. The highest BCUT2D eigenvalue weighted by Gasteiger charge is 2.42. The molecule has 202 valence electrons. The summed E-state index contributed by atoms with van der Waals surface area (Å²) in [5.41, 5.74) is 0.327. The molecular formula is C27H32N4O7. The largest absolute Gasteiger partial charge is 0.460 e. The number of carbonyl (C=O) groups is 2. The molecule has 0 radical (unpaired) electrons. The van der Waals surface area contributed by atoms with Gasteiger partial charge >= 0.3 is 17.6 Å². The van der Waals surface area contributed by atoms with Gasteiger partial charge in [-0.05, 0) is 24.5 Å². The Bertz CT molecular complexity index is 1440. The zero-order valence-electron chi connectivity index (χ0n) is 21.5. The van der Waals surface area contributed by atoms with Gasteiger partial charge < -0.3 is 19.1 Å². The Balaban J connectivity index is 1.14. The maximum absolute atomic E-state index is 12.8. The summed E-state index contributed by atoms with van der Waals surface area (Å²) in [6, 6.07) is 10.7. The van der Waals surface area contributed by atoms with Gasteiger partial charge in [0.2, 0.25) is 0 Å². The van der Waals surface area contributed by atoms with Crippen molar-refractivity contribution in [1.82, 2.24) is 18.6 Å². The van der Waals surface area contributed by atoms with E-state index < -0.39 is 36.0 Å². The number of aliphatic hydroxyl groups is 1. The number of esters is 2. The lowest BCUT2D eigenvalue weighted by atomic mass is 9.99. The van der Waals surface area contributed by atoms with Gasteiger partial charge in [-0.1, -0.05) is 30.3 Å². The minimum atomic E-state index is -1.31. The molecule has 3 unspecified atom stereocenters. The number of aryl methyl sites for hydroxylation is 2. The molecule has 2 aliphatic rings. The summed E-state index contributed by atoms with van der Waals surface area (Å²) in [5, 5.41) is 10.3. The Hall–Kier alpha value is -3.70. The fourth-order valence-electron chi connectivity index (χ4n) is 5.78. The molecule has 2 aromatic heterocycles. The second-order valence-electron chi connectivity index (χ2n) is 10.1. The minimum Gasteiger partial charge on any atom is -0.460 e. The first-order valence-electron chi connectivity index (χ1n) is 12.8. The highest BCUT2D eigenvalue weighted by Crippen LogP contribution is 2.37. The number of aromatic nitrogens is 3. The maximum atomic E-state index is 12.8. The van der Waals surface area contributed by atoms with E-state index in [0.29, 0.717) is 36.0 Å². The van der Waals surface area contributed by atoms with E-state index in [2.05, 4.69) is 4.90 Å². The maximum Gasteiger partial charge on any atom is 0.339 e. The van der Waals surface area contributed by atoms with Crippen molar-refractivity contribution in [2.45, 2.75) is 63.1 Å². The lowest BCUT2D eigenvalue weighted by Crippen LogP contribution is -2.47. The van der Waals surface area contributed by atoms with E-state index in [9.17, 15) is 24.3 Å². The van der Waals surface area contributed by atoms with Gasteiger partial charge in [0, 0.05) is 51.8 Å². The van der Waals surface area contributed by atoms with Crippen LogP contribution < -0.4 is 11.2 Å². The van der Waals surface area contributed by atoms with Crippen LogP contribution in [-0.2, 0) is 39.9 Å². The van der Waals surface area contributed by atoms with E-state index in [1.807, 2.05) is 6.07 Å². The molecule has 4 heterocycles. The molecule has 1 aromatic carbocycles. The van der Waals surface area contributed by atoms with Crippen molar-refractivity contribution in [3.8, 4) is 0 Å². The van der Waals surface area contributed by atoms with Crippen LogP contribution >= 0.6 is 0 Å². The third-order valence-corrected chi connectivity index (χ3v) is 7.77. The highest BCUT2D eigenvalue weighted by atomic mass is 16.6. The van der Waals surface area contributed by atoms with Gasteiger partial charge in [-0.2, -0.15) is 0 Å². The molecule has 1 N–H and O–H groups in total. The molecule has 2 bridgehead atoms. The van der Waals surface area contributed by atoms with Crippen LogP contribution in [0.15, 0.2) is 52.2 Å². The lowest BCUT2D eigenvalue weighted by molar-refractivity contribution is -0.163. The average molecular weight is 525 g/mol. The Kier molecular flexibility index (Phi) is 7.22. The number of benzene rings is 1. The Labute approximate surface area is 218 Å². The van der Waals surface area contributed by atoms with Crippen molar-refractivity contribution in [2.75, 3.05) is 6.54 Å². The van der Waals surface area contributed by atoms with Crippen LogP contribution in [0.3, 0.4) is 0 Å². The topological polar surface area (TPSA) is 125 Å². The second kappa shape index (κ2) is 10.6. The Morgan fingerprint density at radius 2 is 1.74 bits per heavy atom. The number of hydrogen-bond donors (Lipinski definition) is 1. The Morgan fingerprint density at radius 3 is 2.42 bits per heavy atom. The lowest BCUT2D eigenvalue weighted by Gasteiger charge is -2.38. The normalized spacial score (nSPS) is 21.9. The summed E-state index contributed by atoms with van der Waals surface area (Å²) in [6.45, 7) is 0.0330. The number of ether oxygens (including phenoxy) is 2. The van der Waals surface area contributed by atoms with Crippen molar-refractivity contribution in [1.29, 1.82) is 0 Å². The van der Waals surface area contributed by atoms with Crippen LogP contribution in [0.1, 0.15) is 43.8 Å². The number of aliphatic hydroxyl groups excluding tert-OH is 1. The first-order chi connectivity index (χ1) is 18.2. The van der Waals surface area contributed by atoms with Gasteiger partial charge in [0.25, 0.3) is 5.56 Å². The first-order valence-corrected chi connectivity index (χ1v) is 12.8. The van der Waals surface area contributed by atoms with Crippen LogP contribution in [0.2, 0.25) is 0 Å². The van der Waals surface area contributed by atoms with Crippen molar-refractivity contribution in [3.63, 3.8) is 0 Å². The standard InChI is InChI=1S/C27H32N4O7/c1-28-12-10-21-23(28)25(34)31(27(36)29(21)2)16-37-22(32)11-13-30-18-8-9-19(30)15-20(14-18)38-26(35)24(33)17-6-4-3-5-7-17/h3-7,10,12,18-20,24,33H,8-9,11,13-16H2,1-2H3/t18-,19?,20?,24?/m1/s1. The molecule has 3 aromatic rings. The molecule has 2 aliphatic heterocycles. The average Bonchev–Trinajstić information content (AvgIpc) is 3.41. The zero-order valence-corrected chi connectivity index (χ0v) is 21.5. The number of nitrogens with zero attached hydrogens (tertiary/aromatic N) is 4. The molecule has 0 spiro atoms. The zero-order chi connectivity index (χ0) is 27.0. The monoisotopic (exact) mass is 524 g/mol. The van der Waals surface area contributed by atoms with E-state index in [0.717, 1.165) is 17.4 Å². The molecule has 4 atom stereocenters. The molecule has 5 rings (SSSR count). The minimum absolute atomic E-state index is 0.117. The summed E-state index contributed by atoms with van der Waals surface area (Å²) < 4.78 is 14.9. The molecule has 0 amide bonds. The van der Waals surface area contributed by atoms with E-state index in [-0.39, 0.29) is 24.6 Å². The van der Waals surface area contributed by atoms with Crippen molar-refractivity contribution < 1.29 is 24.2 Å². The van der Waals surface area contributed by atoms with Crippen LogP contribution in [0.4, 0.5) is 0 Å². The van der Waals surface area contributed by atoms with Gasteiger partial charge in [-0.3, -0.25) is 19.1 Å². The van der Waals surface area contributed by atoms with Crippen LogP contribution in [0.5, 0.6) is 0 Å². The molecule has 0 aliphatic carbocycles. The van der Waals surface area contributed by atoms with E-state index in [1.165, 1.54) is 4.57 Å². The van der Waals surface area contributed by atoms with E-state index >= 15 is 0 Å². The van der Waals surface area contributed by atoms with Crippen LogP contribution in [0.25, 0.3) is 11.0 Å². The Morgan fingerprint density at radius 1 is 1.05 bits per heavy atom. The fourth-order valence-corrected chi connectivity index (χ4v) is 5.78. The number of rotatable bonds is 8. The SMILES string of the molecule is Cn1ccc2c1c(=O)n(COC(=O)CCN1C3CC[C@@H]1CC(OC(=O)C(O)c1ccccc1)C3)c(=O)n2C. The van der Waals surface area contributed by atoms with Gasteiger partial charge in [-0.15, -0.1) is 0 Å². The third-order valence-electron chi connectivity index (χ3n) is 7.77. The molecule has 2 fully saturated rings. The predicted molar refractivity (Wildman–Crippen MR) is 137 cm³/mol. The van der Waals surface area contributed by atoms with Gasteiger partial charge in [0.05, 0.1) is 11.9 Å². The number of fused-ring (bicyclic) bond motifs is 3. The molecule has 2 saturated heterocycles. The predicted octanol–water partition coefficient (Wildman–Crippen LogP) is 1.20. The number of carbonyl (C=O) groups excluding carboxylic acids is 2. The van der Waals surface area contributed by atoms with E-state index in [1.54, 1.807) is 55.2 Å². The van der Waals surface area contributed by atoms with Gasteiger partial charge in [-0.25, -0.2) is 14.2 Å². The van der Waals surface area contributed by atoms with E-state index in [4.69, 9.17) is 9.47 Å². The highest BCUT2D eigenvalue weighted by molar-refractivity contribution is 5.76. The van der Waals surface area contributed by atoms with Gasteiger partial charge in [0.15, 0.2) is 12.8 Å². The molecule has 38 heavy (non-hydrogen) atoms. The summed E-state index contributed by atoms with van der Waals surface area (Å²) in [5.74, 6) is -1.14. The van der Waals surface area contributed by atoms with Crippen LogP contribution in [0, 0.1) is 0 Å². The summed E-state index contributed by atoms with van der Waals surface area (Å²) >= 11 is 0. The summed E-state index contributed by atoms with van der Waals surface area (Å²) in [4.78, 5) is 52.7. The molecular weight excluding hydrogens is 492 g/mol.